The molecule has 2 heterocycles. The largest absolute Gasteiger partial charge is 0.416 e. The van der Waals surface area contributed by atoms with Gasteiger partial charge in [0.2, 0.25) is 0 Å². The van der Waals surface area contributed by atoms with Gasteiger partial charge in [0.1, 0.15) is 5.65 Å². The van der Waals surface area contributed by atoms with E-state index < -0.39 is 11.7 Å². The van der Waals surface area contributed by atoms with Crippen LogP contribution in [0.4, 0.5) is 19.0 Å². The van der Waals surface area contributed by atoms with E-state index in [1.807, 2.05) is 6.07 Å². The third-order valence-corrected chi connectivity index (χ3v) is 4.43. The molecule has 0 unspecified atom stereocenters. The molecular formula is C21H14F3N3O. The molecule has 0 aliphatic carbocycles. The number of aromatic nitrogens is 2. The number of nitrogens with zero attached hydrogens (tertiary/aromatic N) is 2. The fraction of sp³-hybridized carbons (Fsp3) is 0.0476. The summed E-state index contributed by atoms with van der Waals surface area (Å²) in [6.07, 6.45) is -2.82. The van der Waals surface area contributed by atoms with E-state index in [9.17, 15) is 18.0 Å². The lowest BCUT2D eigenvalue weighted by atomic mass is 10.0. The van der Waals surface area contributed by atoms with Gasteiger partial charge in [0.05, 0.1) is 11.3 Å². The standard InChI is InChI=1S/C21H14F3N3O/c22-21(23,24)16-9-6-13(7-10-16)18-20(25)26-17-11-8-15(12-27(17)18)19(28)14-4-2-1-3-5-14/h1-12H,25H2. The smallest absolute Gasteiger partial charge is 0.382 e. The van der Waals surface area contributed by atoms with Crippen molar-refractivity contribution in [3.63, 3.8) is 0 Å². The lowest BCUT2D eigenvalue weighted by molar-refractivity contribution is -0.137. The third kappa shape index (κ3) is 3.11. The van der Waals surface area contributed by atoms with Crippen LogP contribution >= 0.6 is 0 Å². The molecule has 0 aliphatic heterocycles. The number of fused-ring (bicyclic) bond motifs is 1. The lowest BCUT2D eigenvalue weighted by Gasteiger charge is -2.09. The van der Waals surface area contributed by atoms with E-state index >= 15 is 0 Å². The molecule has 2 aromatic carbocycles. The summed E-state index contributed by atoms with van der Waals surface area (Å²) in [5, 5.41) is 0. The Bertz CT molecular complexity index is 1160. The molecular weight excluding hydrogens is 367 g/mol. The second kappa shape index (κ2) is 6.53. The molecule has 0 spiro atoms. The molecule has 0 amide bonds. The van der Waals surface area contributed by atoms with Gasteiger partial charge < -0.3 is 5.73 Å². The lowest BCUT2D eigenvalue weighted by Crippen LogP contribution is -2.05. The first-order valence-electron chi connectivity index (χ1n) is 8.39. The SMILES string of the molecule is Nc1nc2ccc(C(=O)c3ccccc3)cn2c1-c1ccc(C(F)(F)F)cc1. The number of anilines is 1. The average molecular weight is 381 g/mol. The number of carbonyl (C=O) groups is 1. The number of ketones is 1. The highest BCUT2D eigenvalue weighted by Gasteiger charge is 2.30. The Hall–Kier alpha value is -3.61. The van der Waals surface area contributed by atoms with Gasteiger partial charge in [-0.3, -0.25) is 9.20 Å². The number of halogens is 3. The molecule has 0 radical (unpaired) electrons. The molecule has 4 aromatic rings. The molecule has 0 saturated heterocycles. The number of pyridine rings is 1. The van der Waals surface area contributed by atoms with Crippen molar-refractivity contribution >= 4 is 17.2 Å². The summed E-state index contributed by atoms with van der Waals surface area (Å²) < 4.78 is 40.1. The average Bonchev–Trinajstić information content (AvgIpc) is 3.02. The maximum atomic E-state index is 12.8. The normalized spacial score (nSPS) is 11.7. The molecule has 7 heteroatoms. The van der Waals surface area contributed by atoms with E-state index in [1.54, 1.807) is 47.0 Å². The van der Waals surface area contributed by atoms with Gasteiger partial charge in [-0.2, -0.15) is 13.2 Å². The summed E-state index contributed by atoms with van der Waals surface area (Å²) in [6, 6.07) is 16.8. The Labute approximate surface area is 158 Å². The second-order valence-corrected chi connectivity index (χ2v) is 6.26. The van der Waals surface area contributed by atoms with Crippen LogP contribution in [0.5, 0.6) is 0 Å². The Kier molecular flexibility index (Phi) is 4.15. The Balaban J connectivity index is 1.81. The highest BCUT2D eigenvalue weighted by atomic mass is 19.4. The zero-order valence-electron chi connectivity index (χ0n) is 14.4. The molecule has 2 aromatic heterocycles. The summed E-state index contributed by atoms with van der Waals surface area (Å²) in [5.74, 6) is -0.00258. The Morgan fingerprint density at radius 3 is 2.21 bits per heavy atom. The van der Waals surface area contributed by atoms with Crippen molar-refractivity contribution in [2.24, 2.45) is 0 Å². The fourth-order valence-corrected chi connectivity index (χ4v) is 3.06. The van der Waals surface area contributed by atoms with Crippen LogP contribution in [-0.2, 0) is 6.18 Å². The van der Waals surface area contributed by atoms with Crippen molar-refractivity contribution in [1.29, 1.82) is 0 Å². The van der Waals surface area contributed by atoms with Gasteiger partial charge in [0.15, 0.2) is 11.6 Å². The van der Waals surface area contributed by atoms with Crippen molar-refractivity contribution in [2.45, 2.75) is 6.18 Å². The summed E-state index contributed by atoms with van der Waals surface area (Å²) in [4.78, 5) is 17.0. The van der Waals surface area contributed by atoms with Crippen molar-refractivity contribution in [1.82, 2.24) is 9.38 Å². The van der Waals surface area contributed by atoms with E-state index in [2.05, 4.69) is 4.98 Å². The number of alkyl halides is 3. The maximum Gasteiger partial charge on any atom is 0.416 e. The van der Waals surface area contributed by atoms with Gasteiger partial charge in [-0.25, -0.2) is 4.98 Å². The summed E-state index contributed by atoms with van der Waals surface area (Å²) in [7, 11) is 0. The van der Waals surface area contributed by atoms with Crippen LogP contribution in [0.15, 0.2) is 72.9 Å². The molecule has 28 heavy (non-hydrogen) atoms. The van der Waals surface area contributed by atoms with Crippen LogP contribution in [-0.4, -0.2) is 15.2 Å². The first-order chi connectivity index (χ1) is 13.3. The number of nitrogens with two attached hydrogens (primary N) is 1. The zero-order valence-corrected chi connectivity index (χ0v) is 14.4. The Morgan fingerprint density at radius 1 is 0.893 bits per heavy atom. The first kappa shape index (κ1) is 17.8. The predicted molar refractivity (Wildman–Crippen MR) is 99.9 cm³/mol. The molecule has 140 valence electrons. The van der Waals surface area contributed by atoms with E-state index in [-0.39, 0.29) is 11.6 Å². The third-order valence-electron chi connectivity index (χ3n) is 4.43. The number of carbonyl (C=O) groups excluding carboxylic acids is 1. The van der Waals surface area contributed by atoms with E-state index in [4.69, 9.17) is 5.73 Å². The zero-order chi connectivity index (χ0) is 19.9. The van der Waals surface area contributed by atoms with Crippen LogP contribution in [0.2, 0.25) is 0 Å². The highest BCUT2D eigenvalue weighted by molar-refractivity contribution is 6.09. The van der Waals surface area contributed by atoms with Gasteiger partial charge in [-0.1, -0.05) is 42.5 Å². The molecule has 0 saturated carbocycles. The minimum Gasteiger partial charge on any atom is -0.382 e. The predicted octanol–water partition coefficient (Wildman–Crippen LogP) is 4.83. The molecule has 0 fully saturated rings. The number of imidazole rings is 1. The monoisotopic (exact) mass is 381 g/mol. The number of benzene rings is 2. The molecule has 4 rings (SSSR count). The van der Waals surface area contributed by atoms with E-state index in [0.29, 0.717) is 28.0 Å². The topological polar surface area (TPSA) is 60.4 Å². The summed E-state index contributed by atoms with van der Waals surface area (Å²) >= 11 is 0. The number of rotatable bonds is 3. The second-order valence-electron chi connectivity index (χ2n) is 6.26. The summed E-state index contributed by atoms with van der Waals surface area (Å²) in [5.41, 5.74) is 7.62. The number of hydrogen-bond donors (Lipinski definition) is 1. The molecule has 0 bridgehead atoms. The van der Waals surface area contributed by atoms with Gasteiger partial charge >= 0.3 is 6.18 Å². The quantitative estimate of drug-likeness (QED) is 0.517. The van der Waals surface area contributed by atoms with Gasteiger partial charge in [-0.15, -0.1) is 0 Å². The van der Waals surface area contributed by atoms with Crippen molar-refractivity contribution in [3.05, 3.63) is 89.6 Å². The van der Waals surface area contributed by atoms with Crippen molar-refractivity contribution < 1.29 is 18.0 Å². The molecule has 0 aliphatic rings. The van der Waals surface area contributed by atoms with Crippen LogP contribution in [0.25, 0.3) is 16.9 Å². The molecule has 2 N–H and O–H groups in total. The van der Waals surface area contributed by atoms with Crippen molar-refractivity contribution in [3.8, 4) is 11.3 Å². The minimum absolute atomic E-state index is 0.170. The van der Waals surface area contributed by atoms with E-state index in [0.717, 1.165) is 12.1 Å². The van der Waals surface area contributed by atoms with Crippen molar-refractivity contribution in [2.75, 3.05) is 5.73 Å². The maximum absolute atomic E-state index is 12.8. The highest BCUT2D eigenvalue weighted by Crippen LogP contribution is 2.33. The van der Waals surface area contributed by atoms with Gasteiger partial charge in [0.25, 0.3) is 0 Å². The van der Waals surface area contributed by atoms with Gasteiger partial charge in [0, 0.05) is 22.9 Å². The molecule has 4 nitrogen and oxygen atoms in total. The van der Waals surface area contributed by atoms with Crippen LogP contribution in [0, 0.1) is 0 Å². The van der Waals surface area contributed by atoms with Crippen LogP contribution < -0.4 is 5.73 Å². The summed E-state index contributed by atoms with van der Waals surface area (Å²) in [6.45, 7) is 0. The Morgan fingerprint density at radius 2 is 1.57 bits per heavy atom. The first-order valence-corrected chi connectivity index (χ1v) is 8.39. The van der Waals surface area contributed by atoms with Crippen LogP contribution in [0.3, 0.4) is 0 Å². The number of hydrogen-bond acceptors (Lipinski definition) is 3. The minimum atomic E-state index is -4.42. The van der Waals surface area contributed by atoms with E-state index in [1.165, 1.54) is 12.1 Å². The molecule has 0 atom stereocenters. The van der Waals surface area contributed by atoms with Gasteiger partial charge in [-0.05, 0) is 24.3 Å². The number of nitrogen functional groups attached to an aromatic ring is 1. The fourth-order valence-electron chi connectivity index (χ4n) is 3.06. The van der Waals surface area contributed by atoms with Crippen LogP contribution in [0.1, 0.15) is 21.5 Å².